The zero-order valence-corrected chi connectivity index (χ0v) is 13.6. The van der Waals surface area contributed by atoms with Gasteiger partial charge in [0.15, 0.2) is 6.10 Å². The molecule has 1 fully saturated rings. The highest BCUT2D eigenvalue weighted by atomic mass is 35.5. The second-order valence-electron chi connectivity index (χ2n) is 5.87. The Balaban J connectivity index is 1.89. The van der Waals surface area contributed by atoms with Crippen molar-refractivity contribution in [2.45, 2.75) is 64.5 Å². The minimum absolute atomic E-state index is 0.0312. The van der Waals surface area contributed by atoms with E-state index in [0.29, 0.717) is 16.8 Å². The molecule has 0 radical (unpaired) electrons. The lowest BCUT2D eigenvalue weighted by Gasteiger charge is -2.21. The highest BCUT2D eigenvalue weighted by Crippen LogP contribution is 2.23. The summed E-state index contributed by atoms with van der Waals surface area (Å²) in [4.78, 5) is 12.2. The maximum atomic E-state index is 12.2. The highest BCUT2D eigenvalue weighted by molar-refractivity contribution is 6.30. The van der Waals surface area contributed by atoms with E-state index in [4.69, 9.17) is 16.3 Å². The van der Waals surface area contributed by atoms with Gasteiger partial charge < -0.3 is 10.1 Å². The number of ether oxygens (including phenoxy) is 1. The number of benzene rings is 1. The SMILES string of the molecule is Cc1cc(Cl)ccc1O[C@H](C)C(=O)NC1CCCCCC1. The van der Waals surface area contributed by atoms with Gasteiger partial charge in [0.1, 0.15) is 5.75 Å². The maximum Gasteiger partial charge on any atom is 0.260 e. The van der Waals surface area contributed by atoms with Crippen molar-refractivity contribution in [2.75, 3.05) is 0 Å². The molecule has 21 heavy (non-hydrogen) atoms. The van der Waals surface area contributed by atoms with E-state index in [1.165, 1.54) is 25.7 Å². The molecule has 116 valence electrons. The van der Waals surface area contributed by atoms with E-state index < -0.39 is 6.10 Å². The molecule has 1 saturated carbocycles. The number of halogens is 1. The molecule has 0 heterocycles. The van der Waals surface area contributed by atoms with Gasteiger partial charge in [0.2, 0.25) is 0 Å². The van der Waals surface area contributed by atoms with Crippen LogP contribution in [0.25, 0.3) is 0 Å². The molecule has 1 amide bonds. The van der Waals surface area contributed by atoms with Crippen LogP contribution in [0.2, 0.25) is 5.02 Å². The quantitative estimate of drug-likeness (QED) is 0.844. The number of nitrogens with one attached hydrogen (secondary N) is 1. The molecule has 0 spiro atoms. The Morgan fingerprint density at radius 2 is 1.95 bits per heavy atom. The molecule has 0 bridgehead atoms. The Kier molecular flexibility index (Phi) is 5.92. The number of carbonyl (C=O) groups is 1. The van der Waals surface area contributed by atoms with Gasteiger partial charge >= 0.3 is 0 Å². The first kappa shape index (κ1) is 16.2. The first-order valence-corrected chi connectivity index (χ1v) is 8.17. The van der Waals surface area contributed by atoms with Crippen molar-refractivity contribution in [1.29, 1.82) is 0 Å². The van der Waals surface area contributed by atoms with Crippen molar-refractivity contribution >= 4 is 17.5 Å². The third-order valence-corrected chi connectivity index (χ3v) is 4.25. The highest BCUT2D eigenvalue weighted by Gasteiger charge is 2.20. The minimum atomic E-state index is -0.492. The van der Waals surface area contributed by atoms with Crippen molar-refractivity contribution in [3.8, 4) is 5.75 Å². The summed E-state index contributed by atoms with van der Waals surface area (Å²) in [5.74, 6) is 0.680. The zero-order chi connectivity index (χ0) is 15.2. The fraction of sp³-hybridized carbons (Fsp3) is 0.588. The minimum Gasteiger partial charge on any atom is -0.481 e. The normalized spacial score (nSPS) is 17.9. The largest absolute Gasteiger partial charge is 0.481 e. The van der Waals surface area contributed by atoms with Crippen LogP contribution in [-0.2, 0) is 4.79 Å². The molecule has 0 saturated heterocycles. The van der Waals surface area contributed by atoms with Crippen molar-refractivity contribution in [3.05, 3.63) is 28.8 Å². The first-order valence-electron chi connectivity index (χ1n) is 7.79. The maximum absolute atomic E-state index is 12.2. The van der Waals surface area contributed by atoms with Gasteiger partial charge in [0.25, 0.3) is 5.91 Å². The smallest absolute Gasteiger partial charge is 0.260 e. The summed E-state index contributed by atoms with van der Waals surface area (Å²) in [5.41, 5.74) is 0.941. The molecule has 2 rings (SSSR count). The monoisotopic (exact) mass is 309 g/mol. The number of hydrogen-bond donors (Lipinski definition) is 1. The number of aryl methyl sites for hydroxylation is 1. The molecule has 1 N–H and O–H groups in total. The summed E-state index contributed by atoms with van der Waals surface area (Å²) in [6.45, 7) is 3.72. The van der Waals surface area contributed by atoms with Crippen LogP contribution in [0, 0.1) is 6.92 Å². The van der Waals surface area contributed by atoms with E-state index in [-0.39, 0.29) is 5.91 Å². The number of carbonyl (C=O) groups excluding carboxylic acids is 1. The lowest BCUT2D eigenvalue weighted by Crippen LogP contribution is -2.42. The van der Waals surface area contributed by atoms with Gasteiger partial charge in [-0.2, -0.15) is 0 Å². The standard InChI is InChI=1S/C17H24ClNO2/c1-12-11-14(18)9-10-16(12)21-13(2)17(20)19-15-7-5-3-4-6-8-15/h9-11,13,15H,3-8H2,1-2H3,(H,19,20)/t13-/m1/s1. The average molecular weight is 310 g/mol. The molecule has 1 aliphatic rings. The fourth-order valence-corrected chi connectivity index (χ4v) is 2.96. The van der Waals surface area contributed by atoms with Crippen molar-refractivity contribution in [1.82, 2.24) is 5.32 Å². The molecule has 1 aliphatic carbocycles. The van der Waals surface area contributed by atoms with Crippen LogP contribution in [0.15, 0.2) is 18.2 Å². The van der Waals surface area contributed by atoms with Gasteiger partial charge in [-0.05, 0) is 50.5 Å². The van der Waals surface area contributed by atoms with Crippen LogP contribution in [0.3, 0.4) is 0 Å². The summed E-state index contributed by atoms with van der Waals surface area (Å²) in [6, 6.07) is 5.73. The molecule has 0 aliphatic heterocycles. The molecule has 0 unspecified atom stereocenters. The van der Waals surface area contributed by atoms with Crippen LogP contribution in [-0.4, -0.2) is 18.1 Å². The van der Waals surface area contributed by atoms with Crippen molar-refractivity contribution < 1.29 is 9.53 Å². The summed E-state index contributed by atoms with van der Waals surface area (Å²) in [6.07, 6.45) is 6.64. The summed E-state index contributed by atoms with van der Waals surface area (Å²) >= 11 is 5.93. The lowest BCUT2D eigenvalue weighted by molar-refractivity contribution is -0.128. The predicted molar refractivity (Wildman–Crippen MR) is 85.9 cm³/mol. The molecule has 1 atom stereocenters. The van der Waals surface area contributed by atoms with Crippen LogP contribution in [0.4, 0.5) is 0 Å². The third-order valence-electron chi connectivity index (χ3n) is 4.01. The molecular formula is C17H24ClNO2. The molecular weight excluding hydrogens is 286 g/mol. The predicted octanol–water partition coefficient (Wildman–Crippen LogP) is 4.25. The lowest BCUT2D eigenvalue weighted by atomic mass is 10.1. The van der Waals surface area contributed by atoms with Crippen LogP contribution in [0.1, 0.15) is 51.0 Å². The van der Waals surface area contributed by atoms with Gasteiger partial charge in [-0.25, -0.2) is 0 Å². The Hall–Kier alpha value is -1.22. The van der Waals surface area contributed by atoms with E-state index in [2.05, 4.69) is 5.32 Å². The summed E-state index contributed by atoms with van der Waals surface area (Å²) in [7, 11) is 0. The van der Waals surface area contributed by atoms with E-state index in [0.717, 1.165) is 18.4 Å². The van der Waals surface area contributed by atoms with E-state index in [1.54, 1.807) is 13.0 Å². The van der Waals surface area contributed by atoms with E-state index in [1.807, 2.05) is 19.1 Å². The zero-order valence-electron chi connectivity index (χ0n) is 12.8. The van der Waals surface area contributed by atoms with E-state index >= 15 is 0 Å². The first-order chi connectivity index (χ1) is 10.1. The van der Waals surface area contributed by atoms with Crippen molar-refractivity contribution in [3.63, 3.8) is 0 Å². The van der Waals surface area contributed by atoms with Crippen LogP contribution < -0.4 is 10.1 Å². The molecule has 3 nitrogen and oxygen atoms in total. The van der Waals surface area contributed by atoms with Crippen LogP contribution >= 0.6 is 11.6 Å². The van der Waals surface area contributed by atoms with Gasteiger partial charge in [-0.3, -0.25) is 4.79 Å². The number of hydrogen-bond acceptors (Lipinski definition) is 2. The number of amides is 1. The fourth-order valence-electron chi connectivity index (χ4n) is 2.73. The topological polar surface area (TPSA) is 38.3 Å². The van der Waals surface area contributed by atoms with Crippen molar-refractivity contribution in [2.24, 2.45) is 0 Å². The second-order valence-corrected chi connectivity index (χ2v) is 6.30. The Morgan fingerprint density at radius 1 is 1.29 bits per heavy atom. The van der Waals surface area contributed by atoms with Gasteiger partial charge in [-0.1, -0.05) is 37.3 Å². The second kappa shape index (κ2) is 7.69. The number of rotatable bonds is 4. The molecule has 0 aromatic heterocycles. The van der Waals surface area contributed by atoms with Crippen LogP contribution in [0.5, 0.6) is 5.75 Å². The molecule has 1 aromatic carbocycles. The average Bonchev–Trinajstić information content (AvgIpc) is 2.70. The Bertz CT molecular complexity index is 482. The molecule has 4 heteroatoms. The molecule has 1 aromatic rings. The van der Waals surface area contributed by atoms with E-state index in [9.17, 15) is 4.79 Å². The van der Waals surface area contributed by atoms with Gasteiger partial charge in [0.05, 0.1) is 0 Å². The Morgan fingerprint density at radius 3 is 2.57 bits per heavy atom. The third kappa shape index (κ3) is 4.92. The summed E-state index contributed by atoms with van der Waals surface area (Å²) < 4.78 is 5.76. The summed E-state index contributed by atoms with van der Waals surface area (Å²) in [5, 5.41) is 3.80. The Labute approximate surface area is 132 Å². The van der Waals surface area contributed by atoms with Gasteiger partial charge in [0, 0.05) is 11.1 Å². The van der Waals surface area contributed by atoms with Gasteiger partial charge in [-0.15, -0.1) is 0 Å².